The van der Waals surface area contributed by atoms with E-state index < -0.39 is 0 Å². The number of rotatable bonds is 7. The summed E-state index contributed by atoms with van der Waals surface area (Å²) in [5, 5.41) is 11.2. The summed E-state index contributed by atoms with van der Waals surface area (Å²) in [5.74, 6) is 1.58. The largest absolute Gasteiger partial charge is 0.493 e. The van der Waals surface area contributed by atoms with Crippen LogP contribution in [0, 0.1) is 10.6 Å². The fourth-order valence-electron chi connectivity index (χ4n) is 2.47. The van der Waals surface area contributed by atoms with E-state index in [0.717, 1.165) is 17.0 Å². The molecule has 3 rings (SSSR count). The van der Waals surface area contributed by atoms with E-state index in [1.54, 1.807) is 42.3 Å². The number of hydrogen-bond donors (Lipinski definition) is 1. The molecule has 2 aromatic carbocycles. The van der Waals surface area contributed by atoms with Crippen LogP contribution in [-0.2, 0) is 13.0 Å². The van der Waals surface area contributed by atoms with Crippen LogP contribution in [-0.4, -0.2) is 28.2 Å². The first kappa shape index (κ1) is 18.8. The van der Waals surface area contributed by atoms with Gasteiger partial charge in [0.05, 0.1) is 13.3 Å². The van der Waals surface area contributed by atoms with Crippen molar-refractivity contribution >= 4 is 18.4 Å². The molecular weight excluding hydrogens is 367 g/mol. The maximum absolute atomic E-state index is 13.3. The molecule has 0 saturated carbocycles. The molecule has 0 radical (unpaired) electrons. The first-order chi connectivity index (χ1) is 13.1. The average Bonchev–Trinajstić information content (AvgIpc) is 3.04. The lowest BCUT2D eigenvalue weighted by Crippen LogP contribution is -2.00. The Morgan fingerprint density at radius 1 is 1.26 bits per heavy atom. The van der Waals surface area contributed by atoms with Crippen LogP contribution in [0.3, 0.4) is 0 Å². The van der Waals surface area contributed by atoms with Gasteiger partial charge >= 0.3 is 0 Å². The van der Waals surface area contributed by atoms with E-state index in [0.29, 0.717) is 22.7 Å². The molecule has 0 unspecified atom stereocenters. The molecule has 1 heterocycles. The highest BCUT2D eigenvalue weighted by molar-refractivity contribution is 7.71. The minimum Gasteiger partial charge on any atom is -0.493 e. The molecule has 0 saturated heterocycles. The van der Waals surface area contributed by atoms with Crippen LogP contribution in [0.5, 0.6) is 11.5 Å². The van der Waals surface area contributed by atoms with Gasteiger partial charge in [-0.1, -0.05) is 19.1 Å². The molecule has 3 aromatic rings. The SMILES string of the molecule is CCc1n[nH]c(=S)n1/N=C\c1ccc(OCc2cccc(F)c2)c(OC)c1. The van der Waals surface area contributed by atoms with Crippen LogP contribution in [0.25, 0.3) is 0 Å². The summed E-state index contributed by atoms with van der Waals surface area (Å²) in [5.41, 5.74) is 1.55. The molecule has 0 fully saturated rings. The molecule has 0 atom stereocenters. The van der Waals surface area contributed by atoms with Crippen LogP contribution in [0.4, 0.5) is 4.39 Å². The number of aromatic nitrogens is 3. The summed E-state index contributed by atoms with van der Waals surface area (Å²) < 4.78 is 26.4. The van der Waals surface area contributed by atoms with E-state index >= 15 is 0 Å². The Morgan fingerprint density at radius 3 is 2.85 bits per heavy atom. The third kappa shape index (κ3) is 4.59. The molecule has 0 aliphatic heterocycles. The molecule has 1 N–H and O–H groups in total. The van der Waals surface area contributed by atoms with Gasteiger partial charge in [-0.2, -0.15) is 14.9 Å². The first-order valence-corrected chi connectivity index (χ1v) is 8.77. The zero-order valence-electron chi connectivity index (χ0n) is 15.0. The van der Waals surface area contributed by atoms with Gasteiger partial charge in [-0.3, -0.25) is 5.10 Å². The molecule has 140 valence electrons. The van der Waals surface area contributed by atoms with E-state index in [-0.39, 0.29) is 12.4 Å². The third-order valence-electron chi connectivity index (χ3n) is 3.83. The Labute approximate surface area is 161 Å². The quantitative estimate of drug-likeness (QED) is 0.490. The van der Waals surface area contributed by atoms with Crippen molar-refractivity contribution in [2.75, 3.05) is 7.11 Å². The Balaban J connectivity index is 1.76. The molecule has 8 heteroatoms. The fraction of sp³-hybridized carbons (Fsp3) is 0.211. The standard InChI is InChI=1S/C19H19FN4O2S/c1-3-18-22-23-19(27)24(18)21-11-13-7-8-16(17(10-13)25-2)26-12-14-5-4-6-15(20)9-14/h4-11H,3,12H2,1-2H3,(H,23,27)/b21-11-. The second kappa shape index (κ2) is 8.59. The molecule has 0 amide bonds. The predicted octanol–water partition coefficient (Wildman–Crippen LogP) is 4.11. The lowest BCUT2D eigenvalue weighted by atomic mass is 10.2. The van der Waals surface area contributed by atoms with Crippen molar-refractivity contribution in [2.24, 2.45) is 5.10 Å². The number of nitrogens with one attached hydrogen (secondary N) is 1. The summed E-state index contributed by atoms with van der Waals surface area (Å²) in [4.78, 5) is 0. The topological polar surface area (TPSA) is 64.4 Å². The zero-order chi connectivity index (χ0) is 19.2. The average molecular weight is 386 g/mol. The van der Waals surface area contributed by atoms with Gasteiger partial charge < -0.3 is 9.47 Å². The second-order valence-corrected chi connectivity index (χ2v) is 6.07. The smallest absolute Gasteiger partial charge is 0.216 e. The minimum atomic E-state index is -0.293. The van der Waals surface area contributed by atoms with Crippen molar-refractivity contribution in [3.05, 3.63) is 70.0 Å². The monoisotopic (exact) mass is 386 g/mol. The van der Waals surface area contributed by atoms with Crippen molar-refractivity contribution in [3.63, 3.8) is 0 Å². The predicted molar refractivity (Wildman–Crippen MR) is 104 cm³/mol. The Bertz CT molecular complexity index is 1010. The number of aromatic amines is 1. The molecule has 0 spiro atoms. The highest BCUT2D eigenvalue weighted by atomic mass is 32.1. The molecule has 6 nitrogen and oxygen atoms in total. The fourth-order valence-corrected chi connectivity index (χ4v) is 2.67. The maximum atomic E-state index is 13.3. The van der Waals surface area contributed by atoms with Gasteiger partial charge in [-0.05, 0) is 53.7 Å². The molecule has 1 aromatic heterocycles. The summed E-state index contributed by atoms with van der Waals surface area (Å²) >= 11 is 5.17. The first-order valence-electron chi connectivity index (χ1n) is 8.36. The van der Waals surface area contributed by atoms with Gasteiger partial charge in [0.15, 0.2) is 17.3 Å². The Kier molecular flexibility index (Phi) is 5.97. The molecule has 27 heavy (non-hydrogen) atoms. The van der Waals surface area contributed by atoms with Crippen molar-refractivity contribution in [1.82, 2.24) is 14.9 Å². The molecule has 0 aliphatic rings. The summed E-state index contributed by atoms with van der Waals surface area (Å²) in [6, 6.07) is 11.7. The number of methoxy groups -OCH3 is 1. The van der Waals surface area contributed by atoms with Crippen molar-refractivity contribution < 1.29 is 13.9 Å². The van der Waals surface area contributed by atoms with Crippen LogP contribution in [0.1, 0.15) is 23.9 Å². The Morgan fingerprint density at radius 2 is 2.11 bits per heavy atom. The van der Waals surface area contributed by atoms with E-state index in [2.05, 4.69) is 15.3 Å². The number of nitrogens with zero attached hydrogens (tertiary/aromatic N) is 3. The number of hydrogen-bond acceptors (Lipinski definition) is 5. The van der Waals surface area contributed by atoms with Gasteiger partial charge in [0, 0.05) is 6.42 Å². The van der Waals surface area contributed by atoms with E-state index in [9.17, 15) is 4.39 Å². The van der Waals surface area contributed by atoms with Crippen molar-refractivity contribution in [1.29, 1.82) is 0 Å². The van der Waals surface area contributed by atoms with Gasteiger partial charge in [0.1, 0.15) is 12.4 Å². The van der Waals surface area contributed by atoms with Crippen LogP contribution >= 0.6 is 12.2 Å². The van der Waals surface area contributed by atoms with Gasteiger partial charge in [0.2, 0.25) is 4.77 Å². The van der Waals surface area contributed by atoms with E-state index in [4.69, 9.17) is 21.7 Å². The zero-order valence-corrected chi connectivity index (χ0v) is 15.8. The van der Waals surface area contributed by atoms with Crippen LogP contribution in [0.2, 0.25) is 0 Å². The van der Waals surface area contributed by atoms with Crippen LogP contribution < -0.4 is 9.47 Å². The van der Waals surface area contributed by atoms with Crippen LogP contribution in [0.15, 0.2) is 47.6 Å². The molecule has 0 bridgehead atoms. The number of H-pyrrole nitrogens is 1. The molecular formula is C19H19FN4O2S. The van der Waals surface area contributed by atoms with Gasteiger partial charge in [-0.15, -0.1) is 0 Å². The second-order valence-electron chi connectivity index (χ2n) is 5.68. The van der Waals surface area contributed by atoms with Crippen molar-refractivity contribution in [3.8, 4) is 11.5 Å². The highest BCUT2D eigenvalue weighted by Gasteiger charge is 2.07. The lowest BCUT2D eigenvalue weighted by molar-refractivity contribution is 0.284. The highest BCUT2D eigenvalue weighted by Crippen LogP contribution is 2.28. The number of aryl methyl sites for hydroxylation is 1. The lowest BCUT2D eigenvalue weighted by Gasteiger charge is -2.11. The number of benzene rings is 2. The number of halogens is 1. The number of ether oxygens (including phenoxy) is 2. The van der Waals surface area contributed by atoms with E-state index in [1.807, 2.05) is 13.0 Å². The summed E-state index contributed by atoms with van der Waals surface area (Å²) in [6.45, 7) is 2.22. The molecule has 0 aliphatic carbocycles. The maximum Gasteiger partial charge on any atom is 0.216 e. The normalized spacial score (nSPS) is 11.1. The summed E-state index contributed by atoms with van der Waals surface area (Å²) in [7, 11) is 1.56. The minimum absolute atomic E-state index is 0.242. The van der Waals surface area contributed by atoms with Crippen molar-refractivity contribution in [2.45, 2.75) is 20.0 Å². The van der Waals surface area contributed by atoms with E-state index in [1.165, 1.54) is 12.1 Å². The van der Waals surface area contributed by atoms with Gasteiger partial charge in [-0.25, -0.2) is 4.39 Å². The third-order valence-corrected chi connectivity index (χ3v) is 4.09. The Hall–Kier alpha value is -3.00. The van der Waals surface area contributed by atoms with Gasteiger partial charge in [0.25, 0.3) is 0 Å². The summed E-state index contributed by atoms with van der Waals surface area (Å²) in [6.07, 6.45) is 2.38.